The quantitative estimate of drug-likeness (QED) is 0.512. The maximum atomic E-state index is 9.93. The number of rotatable bonds is 3. The van der Waals surface area contributed by atoms with Gasteiger partial charge in [-0.25, -0.2) is 0 Å². The summed E-state index contributed by atoms with van der Waals surface area (Å²) in [5, 5.41) is 20.4. The van der Waals surface area contributed by atoms with Crippen LogP contribution in [0, 0.1) is 0 Å². The summed E-state index contributed by atoms with van der Waals surface area (Å²) in [6.07, 6.45) is 0. The third kappa shape index (κ3) is 2.76. The molecule has 0 saturated heterocycles. The number of thiol groups is 1. The van der Waals surface area contributed by atoms with Crippen LogP contribution in [-0.2, 0) is 0 Å². The zero-order valence-corrected chi connectivity index (χ0v) is 12.8. The van der Waals surface area contributed by atoms with Crippen molar-refractivity contribution >= 4 is 34.8 Å². The van der Waals surface area contributed by atoms with E-state index in [1.165, 1.54) is 6.07 Å². The number of nitrogens with zero attached hydrogens (tertiary/aromatic N) is 2. The number of ether oxygens (including phenoxy) is 1. The molecule has 5 heteroatoms. The Labute approximate surface area is 133 Å². The second-order valence-electron chi connectivity index (χ2n) is 4.71. The lowest BCUT2D eigenvalue weighted by Crippen LogP contribution is -1.81. The van der Waals surface area contributed by atoms with Crippen molar-refractivity contribution in [1.82, 2.24) is 0 Å². The summed E-state index contributed by atoms with van der Waals surface area (Å²) in [5.74, 6) is 0.584. The van der Waals surface area contributed by atoms with Gasteiger partial charge in [-0.05, 0) is 23.6 Å². The molecule has 0 unspecified atom stereocenters. The highest BCUT2D eigenvalue weighted by Gasteiger charge is 2.06. The average molecular weight is 310 g/mol. The van der Waals surface area contributed by atoms with Gasteiger partial charge in [0.15, 0.2) is 0 Å². The van der Waals surface area contributed by atoms with E-state index in [1.54, 1.807) is 19.2 Å². The second kappa shape index (κ2) is 6.07. The Morgan fingerprint density at radius 3 is 2.59 bits per heavy atom. The van der Waals surface area contributed by atoms with Crippen molar-refractivity contribution < 1.29 is 9.84 Å². The molecule has 110 valence electrons. The highest BCUT2D eigenvalue weighted by molar-refractivity contribution is 7.80. The van der Waals surface area contributed by atoms with Gasteiger partial charge in [0.1, 0.15) is 22.9 Å². The Morgan fingerprint density at radius 1 is 1.00 bits per heavy atom. The van der Waals surface area contributed by atoms with E-state index in [9.17, 15) is 5.11 Å². The van der Waals surface area contributed by atoms with E-state index in [0.717, 1.165) is 15.7 Å². The van der Waals surface area contributed by atoms with Gasteiger partial charge in [-0.2, -0.15) is 0 Å². The van der Waals surface area contributed by atoms with Gasteiger partial charge in [-0.15, -0.1) is 22.9 Å². The molecule has 22 heavy (non-hydrogen) atoms. The molecule has 0 fully saturated rings. The lowest BCUT2D eigenvalue weighted by atomic mass is 10.1. The molecule has 0 aromatic heterocycles. The number of hydrogen-bond acceptors (Lipinski definition) is 5. The van der Waals surface area contributed by atoms with Gasteiger partial charge in [0.05, 0.1) is 7.11 Å². The Kier molecular flexibility index (Phi) is 3.98. The van der Waals surface area contributed by atoms with Crippen molar-refractivity contribution in [3.8, 4) is 11.5 Å². The molecule has 0 aliphatic carbocycles. The standard InChI is InChI=1S/C17H14N2O2S/c1-21-12-7-8-14(15(20)10-12)18-19-17-13-5-3-2-4-11(13)6-9-16(17)22/h2-10,20,22H,1H3. The zero-order chi connectivity index (χ0) is 15.5. The highest BCUT2D eigenvalue weighted by Crippen LogP contribution is 2.36. The first-order valence-corrected chi connectivity index (χ1v) is 7.13. The molecule has 0 aliphatic heterocycles. The molecular formula is C17H14N2O2S. The fourth-order valence-corrected chi connectivity index (χ4v) is 2.41. The van der Waals surface area contributed by atoms with E-state index >= 15 is 0 Å². The Bertz CT molecular complexity index is 862. The molecule has 0 atom stereocenters. The third-order valence-corrected chi connectivity index (χ3v) is 3.68. The average Bonchev–Trinajstić information content (AvgIpc) is 2.55. The van der Waals surface area contributed by atoms with Crippen LogP contribution >= 0.6 is 12.6 Å². The van der Waals surface area contributed by atoms with Crippen LogP contribution in [-0.4, -0.2) is 12.2 Å². The van der Waals surface area contributed by atoms with Crippen LogP contribution in [0.4, 0.5) is 11.4 Å². The molecule has 3 aromatic carbocycles. The lowest BCUT2D eigenvalue weighted by Gasteiger charge is -2.05. The van der Waals surface area contributed by atoms with E-state index < -0.39 is 0 Å². The van der Waals surface area contributed by atoms with E-state index in [0.29, 0.717) is 17.1 Å². The SMILES string of the molecule is COc1ccc(N=Nc2c(S)ccc3ccccc23)c(O)c1. The van der Waals surface area contributed by atoms with E-state index in [1.807, 2.05) is 36.4 Å². The summed E-state index contributed by atoms with van der Waals surface area (Å²) in [6, 6.07) is 16.6. The molecule has 1 N–H and O–H groups in total. The molecule has 0 bridgehead atoms. The molecule has 0 aliphatic rings. The van der Waals surface area contributed by atoms with Crippen molar-refractivity contribution in [2.45, 2.75) is 4.90 Å². The van der Waals surface area contributed by atoms with Gasteiger partial charge < -0.3 is 9.84 Å². The number of aromatic hydroxyl groups is 1. The van der Waals surface area contributed by atoms with Crippen LogP contribution in [0.25, 0.3) is 10.8 Å². The van der Waals surface area contributed by atoms with Crippen LogP contribution in [0.3, 0.4) is 0 Å². The van der Waals surface area contributed by atoms with E-state index in [4.69, 9.17) is 4.74 Å². The van der Waals surface area contributed by atoms with Gasteiger partial charge in [-0.1, -0.05) is 30.3 Å². The smallest absolute Gasteiger partial charge is 0.146 e. The minimum atomic E-state index is 0.0176. The molecule has 4 nitrogen and oxygen atoms in total. The van der Waals surface area contributed by atoms with Gasteiger partial charge in [0.25, 0.3) is 0 Å². The fraction of sp³-hybridized carbons (Fsp3) is 0.0588. The lowest BCUT2D eigenvalue weighted by molar-refractivity contribution is 0.408. The van der Waals surface area contributed by atoms with Crippen molar-refractivity contribution in [1.29, 1.82) is 0 Å². The van der Waals surface area contributed by atoms with Gasteiger partial charge in [-0.3, -0.25) is 0 Å². The predicted octanol–water partition coefficient (Wildman–Crippen LogP) is 5.26. The molecule has 0 heterocycles. The summed E-state index contributed by atoms with van der Waals surface area (Å²) >= 11 is 4.44. The Morgan fingerprint density at radius 2 is 1.82 bits per heavy atom. The number of fused-ring (bicyclic) bond motifs is 1. The molecule has 0 saturated carbocycles. The van der Waals surface area contributed by atoms with Crippen LogP contribution in [0.5, 0.6) is 11.5 Å². The van der Waals surface area contributed by atoms with Crippen molar-refractivity contribution in [2.75, 3.05) is 7.11 Å². The Balaban J connectivity index is 2.04. The summed E-state index contributed by atoms with van der Waals surface area (Å²) in [4.78, 5) is 0.732. The maximum Gasteiger partial charge on any atom is 0.146 e. The number of phenolic OH excluding ortho intramolecular Hbond substituents is 1. The third-order valence-electron chi connectivity index (χ3n) is 3.32. The number of azo groups is 1. The normalized spacial score (nSPS) is 11.2. The minimum absolute atomic E-state index is 0.0176. The van der Waals surface area contributed by atoms with Crippen LogP contribution in [0.15, 0.2) is 69.7 Å². The summed E-state index contributed by atoms with van der Waals surface area (Å²) in [5.41, 5.74) is 1.05. The van der Waals surface area contributed by atoms with Crippen molar-refractivity contribution in [2.24, 2.45) is 10.2 Å². The zero-order valence-electron chi connectivity index (χ0n) is 11.9. The minimum Gasteiger partial charge on any atom is -0.505 e. The maximum absolute atomic E-state index is 9.93. The van der Waals surface area contributed by atoms with Crippen LogP contribution < -0.4 is 4.74 Å². The molecule has 0 radical (unpaired) electrons. The predicted molar refractivity (Wildman–Crippen MR) is 90.0 cm³/mol. The van der Waals surface area contributed by atoms with Crippen LogP contribution in [0.1, 0.15) is 0 Å². The number of hydrogen-bond donors (Lipinski definition) is 2. The monoisotopic (exact) mass is 310 g/mol. The molecule has 0 amide bonds. The number of phenols is 1. The molecular weight excluding hydrogens is 296 g/mol. The first-order chi connectivity index (χ1) is 10.7. The first kappa shape index (κ1) is 14.4. The first-order valence-electron chi connectivity index (χ1n) is 6.68. The second-order valence-corrected chi connectivity index (χ2v) is 5.19. The fourth-order valence-electron chi connectivity index (χ4n) is 2.17. The molecule has 3 rings (SSSR count). The highest BCUT2D eigenvalue weighted by atomic mass is 32.1. The summed E-state index contributed by atoms with van der Waals surface area (Å²) in [6.45, 7) is 0. The van der Waals surface area contributed by atoms with E-state index in [2.05, 4.69) is 22.9 Å². The number of benzene rings is 3. The summed E-state index contributed by atoms with van der Waals surface area (Å²) in [7, 11) is 1.54. The van der Waals surface area contributed by atoms with Gasteiger partial charge in [0.2, 0.25) is 0 Å². The molecule has 3 aromatic rings. The Hall–Kier alpha value is -2.53. The topological polar surface area (TPSA) is 54.2 Å². The molecule has 0 spiro atoms. The van der Waals surface area contributed by atoms with Crippen molar-refractivity contribution in [3.05, 3.63) is 54.6 Å². The van der Waals surface area contributed by atoms with E-state index in [-0.39, 0.29) is 5.75 Å². The van der Waals surface area contributed by atoms with Crippen LogP contribution in [0.2, 0.25) is 0 Å². The van der Waals surface area contributed by atoms with Gasteiger partial charge in [0, 0.05) is 16.3 Å². The van der Waals surface area contributed by atoms with Gasteiger partial charge >= 0.3 is 0 Å². The van der Waals surface area contributed by atoms with Crippen molar-refractivity contribution in [3.63, 3.8) is 0 Å². The largest absolute Gasteiger partial charge is 0.505 e. The number of methoxy groups -OCH3 is 1. The summed E-state index contributed by atoms with van der Waals surface area (Å²) < 4.78 is 5.05.